The first-order chi connectivity index (χ1) is 23.1. The SMILES string of the molecule is COc1ccc(C(OCc2cccc(-c3ccc(OCc4ccccc4CO)cc3)c2)(c2ccccc2)c2ccc(OC)cc2)cc1. The Kier molecular flexibility index (Phi) is 9.97. The molecule has 1 N–H and O–H groups in total. The Balaban J connectivity index is 1.28. The molecule has 0 fully saturated rings. The third kappa shape index (κ3) is 7.07. The monoisotopic (exact) mass is 622 g/mol. The van der Waals surface area contributed by atoms with Gasteiger partial charge in [-0.2, -0.15) is 0 Å². The average molecular weight is 623 g/mol. The van der Waals surface area contributed by atoms with Crippen molar-refractivity contribution >= 4 is 0 Å². The summed E-state index contributed by atoms with van der Waals surface area (Å²) in [5.41, 5.74) is 7.15. The van der Waals surface area contributed by atoms with Crippen LogP contribution in [-0.2, 0) is 30.2 Å². The molecular formula is C42H38O5. The Hall–Kier alpha value is -5.36. The number of hydrogen-bond acceptors (Lipinski definition) is 5. The maximum absolute atomic E-state index is 9.62. The molecule has 5 heteroatoms. The van der Waals surface area contributed by atoms with Gasteiger partial charge in [-0.05, 0) is 87.0 Å². The van der Waals surface area contributed by atoms with E-state index in [-0.39, 0.29) is 6.61 Å². The van der Waals surface area contributed by atoms with E-state index in [9.17, 15) is 5.11 Å². The lowest BCUT2D eigenvalue weighted by Crippen LogP contribution is -2.32. The molecule has 47 heavy (non-hydrogen) atoms. The molecule has 0 bridgehead atoms. The minimum Gasteiger partial charge on any atom is -0.497 e. The number of aliphatic hydroxyl groups is 1. The standard InChI is InChI=1S/C42H38O5/c1-44-39-23-17-37(18-24-39)42(36-13-4-3-5-14-36,38-19-25-40(45-2)26-20-38)47-29-31-9-8-12-33(27-31)32-15-21-41(22-16-32)46-30-35-11-7-6-10-34(35)28-43/h3-27,43H,28-30H2,1-2H3. The Labute approximate surface area is 276 Å². The van der Waals surface area contributed by atoms with Crippen LogP contribution >= 0.6 is 0 Å². The van der Waals surface area contributed by atoms with Crippen molar-refractivity contribution in [3.63, 3.8) is 0 Å². The smallest absolute Gasteiger partial charge is 0.144 e. The van der Waals surface area contributed by atoms with Gasteiger partial charge in [0.2, 0.25) is 0 Å². The van der Waals surface area contributed by atoms with E-state index in [4.69, 9.17) is 18.9 Å². The van der Waals surface area contributed by atoms with Crippen molar-refractivity contribution in [2.24, 2.45) is 0 Å². The van der Waals surface area contributed by atoms with Crippen LogP contribution in [0, 0.1) is 0 Å². The van der Waals surface area contributed by atoms with Gasteiger partial charge in [0, 0.05) is 0 Å². The molecule has 0 amide bonds. The average Bonchev–Trinajstić information content (AvgIpc) is 3.15. The summed E-state index contributed by atoms with van der Waals surface area (Å²) < 4.78 is 24.1. The predicted molar refractivity (Wildman–Crippen MR) is 186 cm³/mol. The molecule has 0 aliphatic rings. The Bertz CT molecular complexity index is 1820. The van der Waals surface area contributed by atoms with Crippen molar-refractivity contribution in [2.45, 2.75) is 25.4 Å². The zero-order valence-corrected chi connectivity index (χ0v) is 26.6. The summed E-state index contributed by atoms with van der Waals surface area (Å²) in [6.45, 7) is 0.756. The van der Waals surface area contributed by atoms with Crippen LogP contribution in [0.1, 0.15) is 33.4 Å². The fourth-order valence-electron chi connectivity index (χ4n) is 5.86. The second-order valence-corrected chi connectivity index (χ2v) is 11.2. The Morgan fingerprint density at radius 3 is 1.64 bits per heavy atom. The minimum atomic E-state index is -0.899. The summed E-state index contributed by atoms with van der Waals surface area (Å²) in [7, 11) is 3.34. The predicted octanol–water partition coefficient (Wildman–Crippen LogP) is 8.95. The number of methoxy groups -OCH3 is 2. The lowest BCUT2D eigenvalue weighted by molar-refractivity contribution is 0.000209. The Morgan fingerprint density at radius 2 is 1.04 bits per heavy atom. The molecule has 0 aromatic heterocycles. The summed E-state index contributed by atoms with van der Waals surface area (Å²) in [5, 5.41) is 9.62. The van der Waals surface area contributed by atoms with Gasteiger partial charge < -0.3 is 24.1 Å². The zero-order valence-electron chi connectivity index (χ0n) is 26.6. The quantitative estimate of drug-likeness (QED) is 0.130. The van der Waals surface area contributed by atoms with Crippen LogP contribution in [0.4, 0.5) is 0 Å². The molecule has 0 unspecified atom stereocenters. The largest absolute Gasteiger partial charge is 0.497 e. The van der Waals surface area contributed by atoms with E-state index < -0.39 is 5.60 Å². The molecule has 6 aromatic carbocycles. The molecule has 0 saturated carbocycles. The van der Waals surface area contributed by atoms with Gasteiger partial charge in [0.05, 0.1) is 27.4 Å². The van der Waals surface area contributed by atoms with Crippen molar-refractivity contribution in [3.05, 3.63) is 185 Å². The van der Waals surface area contributed by atoms with Crippen LogP contribution < -0.4 is 14.2 Å². The molecule has 5 nitrogen and oxygen atoms in total. The molecule has 6 rings (SSSR count). The van der Waals surface area contributed by atoms with Crippen LogP contribution in [-0.4, -0.2) is 19.3 Å². The number of ether oxygens (including phenoxy) is 4. The van der Waals surface area contributed by atoms with Crippen molar-refractivity contribution in [2.75, 3.05) is 14.2 Å². The van der Waals surface area contributed by atoms with Crippen molar-refractivity contribution in [1.82, 2.24) is 0 Å². The van der Waals surface area contributed by atoms with Crippen LogP contribution in [0.5, 0.6) is 17.2 Å². The number of aliphatic hydroxyl groups excluding tert-OH is 1. The van der Waals surface area contributed by atoms with Crippen LogP contribution in [0.15, 0.2) is 152 Å². The molecule has 0 aliphatic carbocycles. The van der Waals surface area contributed by atoms with Gasteiger partial charge in [-0.3, -0.25) is 0 Å². The summed E-state index contributed by atoms with van der Waals surface area (Å²) >= 11 is 0. The second-order valence-electron chi connectivity index (χ2n) is 11.2. The molecule has 0 heterocycles. The first kappa shape index (κ1) is 31.6. The topological polar surface area (TPSA) is 57.2 Å². The molecule has 0 spiro atoms. The molecule has 0 saturated heterocycles. The number of benzene rings is 6. The third-order valence-corrected chi connectivity index (χ3v) is 8.43. The Morgan fingerprint density at radius 1 is 0.489 bits per heavy atom. The lowest BCUT2D eigenvalue weighted by Gasteiger charge is -2.36. The van der Waals surface area contributed by atoms with E-state index in [1.807, 2.05) is 78.9 Å². The van der Waals surface area contributed by atoms with Gasteiger partial charge in [-0.15, -0.1) is 0 Å². The van der Waals surface area contributed by atoms with Gasteiger partial charge in [0.15, 0.2) is 0 Å². The van der Waals surface area contributed by atoms with E-state index >= 15 is 0 Å². The lowest BCUT2D eigenvalue weighted by atomic mass is 9.80. The molecule has 0 aliphatic heterocycles. The molecule has 0 atom stereocenters. The molecule has 6 aromatic rings. The summed E-state index contributed by atoms with van der Waals surface area (Å²) in [5.74, 6) is 2.33. The molecule has 0 radical (unpaired) electrons. The molecule has 236 valence electrons. The van der Waals surface area contributed by atoms with Crippen molar-refractivity contribution < 1.29 is 24.1 Å². The maximum Gasteiger partial charge on any atom is 0.144 e. The highest BCUT2D eigenvalue weighted by molar-refractivity contribution is 5.65. The highest BCUT2D eigenvalue weighted by Gasteiger charge is 2.38. The summed E-state index contributed by atoms with van der Waals surface area (Å²) in [4.78, 5) is 0. The fourth-order valence-corrected chi connectivity index (χ4v) is 5.86. The normalized spacial score (nSPS) is 11.2. The van der Waals surface area contributed by atoms with E-state index in [1.54, 1.807) is 14.2 Å². The second kappa shape index (κ2) is 14.8. The van der Waals surface area contributed by atoms with E-state index in [0.29, 0.717) is 13.2 Å². The highest BCUT2D eigenvalue weighted by Crippen LogP contribution is 2.42. The summed E-state index contributed by atoms with van der Waals surface area (Å²) in [6.07, 6.45) is 0. The third-order valence-electron chi connectivity index (χ3n) is 8.43. The van der Waals surface area contributed by atoms with Gasteiger partial charge in [0.1, 0.15) is 29.5 Å². The zero-order chi connectivity index (χ0) is 32.5. The van der Waals surface area contributed by atoms with E-state index in [2.05, 4.69) is 72.8 Å². The van der Waals surface area contributed by atoms with E-state index in [1.165, 1.54) is 0 Å². The minimum absolute atomic E-state index is 0.00874. The number of hydrogen-bond donors (Lipinski definition) is 1. The molecular weight excluding hydrogens is 584 g/mol. The van der Waals surface area contributed by atoms with Gasteiger partial charge in [-0.1, -0.05) is 109 Å². The highest BCUT2D eigenvalue weighted by atomic mass is 16.5. The first-order valence-corrected chi connectivity index (χ1v) is 15.6. The fraction of sp³-hybridized carbons (Fsp3) is 0.143. The maximum atomic E-state index is 9.62. The summed E-state index contributed by atoms with van der Waals surface area (Å²) in [6, 6.07) is 50.8. The van der Waals surface area contributed by atoms with Gasteiger partial charge >= 0.3 is 0 Å². The number of rotatable bonds is 13. The van der Waals surface area contributed by atoms with Crippen LogP contribution in [0.3, 0.4) is 0 Å². The van der Waals surface area contributed by atoms with Crippen LogP contribution in [0.2, 0.25) is 0 Å². The van der Waals surface area contributed by atoms with E-state index in [0.717, 1.165) is 61.8 Å². The van der Waals surface area contributed by atoms with Crippen LogP contribution in [0.25, 0.3) is 11.1 Å². The van der Waals surface area contributed by atoms with Gasteiger partial charge in [0.25, 0.3) is 0 Å². The first-order valence-electron chi connectivity index (χ1n) is 15.6. The van der Waals surface area contributed by atoms with Crippen molar-refractivity contribution in [1.29, 1.82) is 0 Å². The van der Waals surface area contributed by atoms with Crippen molar-refractivity contribution in [3.8, 4) is 28.4 Å². The van der Waals surface area contributed by atoms with Gasteiger partial charge in [-0.25, -0.2) is 0 Å².